The lowest BCUT2D eigenvalue weighted by atomic mass is 9.99. The van der Waals surface area contributed by atoms with Crippen LogP contribution < -0.4 is 5.32 Å². The van der Waals surface area contributed by atoms with E-state index in [1.54, 1.807) is 0 Å². The fourth-order valence-corrected chi connectivity index (χ4v) is 2.65. The number of benzene rings is 1. The monoisotopic (exact) mass is 276 g/mol. The van der Waals surface area contributed by atoms with E-state index in [9.17, 15) is 0 Å². The second-order valence-electron chi connectivity index (χ2n) is 5.22. The quantitative estimate of drug-likeness (QED) is 0.870. The van der Waals surface area contributed by atoms with Gasteiger partial charge in [0.2, 0.25) is 0 Å². The van der Waals surface area contributed by atoms with E-state index in [-0.39, 0.29) is 0 Å². The predicted octanol–water partition coefficient (Wildman–Crippen LogP) is 4.11. The number of nitrogens with one attached hydrogen (secondary N) is 1. The topological polar surface area (TPSA) is 17.0 Å². The van der Waals surface area contributed by atoms with E-state index < -0.39 is 0 Å². The van der Waals surface area contributed by atoms with Gasteiger partial charge >= 0.3 is 0 Å². The summed E-state index contributed by atoms with van der Waals surface area (Å²) in [7, 11) is 2.01. The molecule has 1 aromatic carbocycles. The number of hydrogen-bond acceptors (Lipinski definition) is 1. The summed E-state index contributed by atoms with van der Waals surface area (Å²) in [6.45, 7) is 5.27. The smallest absolute Gasteiger partial charge is 0.0485 e. The molecular weight excluding hydrogens is 256 g/mol. The Kier molecular flexibility index (Phi) is 4.67. The van der Waals surface area contributed by atoms with Crippen LogP contribution in [0.25, 0.3) is 0 Å². The number of aromatic nitrogens is 1. The zero-order chi connectivity index (χ0) is 13.8. The van der Waals surface area contributed by atoms with Gasteiger partial charge in [0.15, 0.2) is 0 Å². The van der Waals surface area contributed by atoms with Crippen molar-refractivity contribution in [2.45, 2.75) is 26.4 Å². The minimum atomic E-state index is 0.396. The van der Waals surface area contributed by atoms with Gasteiger partial charge in [-0.05, 0) is 36.2 Å². The first kappa shape index (κ1) is 14.2. The number of halogens is 1. The summed E-state index contributed by atoms with van der Waals surface area (Å²) in [6.07, 6.45) is 4.32. The molecule has 2 rings (SSSR count). The summed E-state index contributed by atoms with van der Waals surface area (Å²) in [4.78, 5) is 0. The van der Waals surface area contributed by atoms with Crippen LogP contribution in [-0.2, 0) is 6.54 Å². The third-order valence-electron chi connectivity index (χ3n) is 3.42. The van der Waals surface area contributed by atoms with Crippen molar-refractivity contribution in [1.29, 1.82) is 0 Å². The molecule has 0 saturated carbocycles. The van der Waals surface area contributed by atoms with Gasteiger partial charge in [0.25, 0.3) is 0 Å². The first-order valence-corrected chi connectivity index (χ1v) is 7.06. The number of rotatable bonds is 5. The van der Waals surface area contributed by atoms with Crippen LogP contribution in [0.5, 0.6) is 0 Å². The molecule has 0 aliphatic heterocycles. The van der Waals surface area contributed by atoms with E-state index >= 15 is 0 Å². The zero-order valence-corrected chi connectivity index (χ0v) is 12.5. The summed E-state index contributed by atoms with van der Waals surface area (Å²) >= 11 is 6.20. The zero-order valence-electron chi connectivity index (χ0n) is 11.7. The number of hydrogen-bond donors (Lipinski definition) is 1. The third-order valence-corrected chi connectivity index (χ3v) is 3.79. The van der Waals surface area contributed by atoms with Gasteiger partial charge in [-0.25, -0.2) is 0 Å². The van der Waals surface area contributed by atoms with Crippen LogP contribution in [0.1, 0.15) is 31.0 Å². The van der Waals surface area contributed by atoms with E-state index in [0.717, 1.165) is 17.1 Å². The van der Waals surface area contributed by atoms with E-state index in [4.69, 9.17) is 11.6 Å². The first-order valence-electron chi connectivity index (χ1n) is 6.68. The van der Waals surface area contributed by atoms with Crippen molar-refractivity contribution in [1.82, 2.24) is 9.88 Å². The average Bonchev–Trinajstić information content (AvgIpc) is 2.81. The number of nitrogens with zero attached hydrogens (tertiary/aromatic N) is 1. The third kappa shape index (κ3) is 3.40. The highest BCUT2D eigenvalue weighted by Gasteiger charge is 2.14. The lowest BCUT2D eigenvalue weighted by Crippen LogP contribution is -2.21. The molecule has 0 fully saturated rings. The van der Waals surface area contributed by atoms with Crippen molar-refractivity contribution in [2.24, 2.45) is 5.92 Å². The van der Waals surface area contributed by atoms with Gasteiger partial charge in [0, 0.05) is 30.0 Å². The van der Waals surface area contributed by atoms with Gasteiger partial charge < -0.3 is 9.88 Å². The van der Waals surface area contributed by atoms with Crippen molar-refractivity contribution < 1.29 is 0 Å². The SMILES string of the molecule is CNC(c1ccn(Cc2ccccc2Cl)c1)C(C)C. The molecule has 0 spiro atoms. The van der Waals surface area contributed by atoms with Crippen molar-refractivity contribution >= 4 is 11.6 Å². The van der Waals surface area contributed by atoms with Gasteiger partial charge in [-0.15, -0.1) is 0 Å². The Morgan fingerprint density at radius 2 is 1.95 bits per heavy atom. The fraction of sp³-hybridized carbons (Fsp3) is 0.375. The first-order chi connectivity index (χ1) is 9.11. The largest absolute Gasteiger partial charge is 0.350 e. The molecule has 3 heteroatoms. The summed E-state index contributed by atoms with van der Waals surface area (Å²) in [5.41, 5.74) is 2.47. The molecule has 2 nitrogen and oxygen atoms in total. The van der Waals surface area contributed by atoms with E-state index in [2.05, 4.69) is 48.3 Å². The van der Waals surface area contributed by atoms with Crippen LogP contribution in [0.15, 0.2) is 42.7 Å². The molecule has 1 atom stereocenters. The molecule has 1 N–H and O–H groups in total. The fourth-order valence-electron chi connectivity index (χ4n) is 2.45. The van der Waals surface area contributed by atoms with E-state index in [0.29, 0.717) is 12.0 Å². The van der Waals surface area contributed by atoms with Gasteiger partial charge in [-0.1, -0.05) is 43.6 Å². The summed E-state index contributed by atoms with van der Waals surface area (Å²) in [5.74, 6) is 0.571. The van der Waals surface area contributed by atoms with Crippen molar-refractivity contribution in [3.63, 3.8) is 0 Å². The maximum absolute atomic E-state index is 6.20. The summed E-state index contributed by atoms with van der Waals surface area (Å²) in [5, 5.41) is 4.19. The molecule has 0 aliphatic rings. The lowest BCUT2D eigenvalue weighted by molar-refractivity contribution is 0.443. The highest BCUT2D eigenvalue weighted by atomic mass is 35.5. The molecule has 0 bridgehead atoms. The van der Waals surface area contributed by atoms with Gasteiger partial charge in [-0.2, -0.15) is 0 Å². The minimum Gasteiger partial charge on any atom is -0.350 e. The summed E-state index contributed by atoms with van der Waals surface area (Å²) < 4.78 is 2.18. The van der Waals surface area contributed by atoms with Crippen LogP contribution >= 0.6 is 11.6 Å². The maximum Gasteiger partial charge on any atom is 0.0485 e. The van der Waals surface area contributed by atoms with E-state index in [1.807, 2.05) is 25.2 Å². The highest BCUT2D eigenvalue weighted by molar-refractivity contribution is 6.31. The second-order valence-corrected chi connectivity index (χ2v) is 5.63. The maximum atomic E-state index is 6.20. The van der Waals surface area contributed by atoms with Crippen molar-refractivity contribution in [3.8, 4) is 0 Å². The molecule has 1 aromatic heterocycles. The van der Waals surface area contributed by atoms with Gasteiger partial charge in [0.05, 0.1) is 0 Å². The molecule has 1 unspecified atom stereocenters. The Morgan fingerprint density at radius 3 is 2.58 bits per heavy atom. The Balaban J connectivity index is 2.16. The predicted molar refractivity (Wildman–Crippen MR) is 81.6 cm³/mol. The molecule has 0 saturated heterocycles. The normalized spacial score (nSPS) is 12.9. The Bertz CT molecular complexity index is 531. The van der Waals surface area contributed by atoms with Crippen LogP contribution in [0.3, 0.4) is 0 Å². The molecule has 1 heterocycles. The molecule has 0 radical (unpaired) electrons. The molecule has 19 heavy (non-hydrogen) atoms. The van der Waals surface area contributed by atoms with Crippen LogP contribution in [0, 0.1) is 5.92 Å². The average molecular weight is 277 g/mol. The van der Waals surface area contributed by atoms with E-state index in [1.165, 1.54) is 5.56 Å². The Labute approximate surface area is 120 Å². The highest BCUT2D eigenvalue weighted by Crippen LogP contribution is 2.22. The Hall–Kier alpha value is -1.25. The minimum absolute atomic E-state index is 0.396. The Morgan fingerprint density at radius 1 is 1.21 bits per heavy atom. The van der Waals surface area contributed by atoms with Gasteiger partial charge in [-0.3, -0.25) is 0 Å². The lowest BCUT2D eigenvalue weighted by Gasteiger charge is -2.18. The molecule has 2 aromatic rings. The van der Waals surface area contributed by atoms with Crippen molar-refractivity contribution in [3.05, 3.63) is 58.9 Å². The van der Waals surface area contributed by atoms with Crippen molar-refractivity contribution in [2.75, 3.05) is 7.05 Å². The standard InChI is InChI=1S/C16H21ClN2/c1-12(2)16(18-3)14-8-9-19(11-14)10-13-6-4-5-7-15(13)17/h4-9,11-12,16,18H,10H2,1-3H3. The molecule has 0 aliphatic carbocycles. The van der Waals surface area contributed by atoms with Crippen LogP contribution in [0.2, 0.25) is 5.02 Å². The second kappa shape index (κ2) is 6.27. The van der Waals surface area contributed by atoms with Gasteiger partial charge in [0.1, 0.15) is 0 Å². The molecule has 0 amide bonds. The molecule has 102 valence electrons. The van der Waals surface area contributed by atoms with Crippen LogP contribution in [-0.4, -0.2) is 11.6 Å². The molecular formula is C16H21ClN2. The van der Waals surface area contributed by atoms with Crippen LogP contribution in [0.4, 0.5) is 0 Å². The summed E-state index contributed by atoms with van der Waals surface area (Å²) in [6, 6.07) is 10.6.